The maximum absolute atomic E-state index is 10.1. The fraction of sp³-hybridized carbons (Fsp3) is 0.556. The largest absolute Gasteiger partial charge is 0.372 e. The Labute approximate surface area is 194 Å². The molecule has 1 aromatic rings. The van der Waals surface area contributed by atoms with Crippen LogP contribution in [0.5, 0.6) is 0 Å². The second-order valence-corrected chi connectivity index (χ2v) is 9.46. The van der Waals surface area contributed by atoms with Crippen molar-refractivity contribution in [2.75, 3.05) is 31.1 Å². The average molecular weight is 439 g/mol. The number of hydrogen-bond donors (Lipinski definition) is 0. The zero-order chi connectivity index (χ0) is 22.8. The van der Waals surface area contributed by atoms with Crippen LogP contribution in [0.2, 0.25) is 0 Å². The first-order chi connectivity index (χ1) is 15.0. The lowest BCUT2D eigenvalue weighted by Crippen LogP contribution is -2.22. The van der Waals surface area contributed by atoms with Crippen molar-refractivity contribution in [3.63, 3.8) is 0 Å². The highest BCUT2D eigenvalue weighted by Crippen LogP contribution is 2.43. The molecule has 4 heteroatoms. The number of nitrogens with zero attached hydrogens (tertiary/aromatic N) is 3. The Morgan fingerprint density at radius 3 is 2.03 bits per heavy atom. The Bertz CT molecular complexity index is 839. The Balaban J connectivity index is 2.47. The Morgan fingerprint density at radius 2 is 1.58 bits per heavy atom. The molecule has 0 N–H and O–H groups in total. The first kappa shape index (κ1) is 25.3. The number of allylic oxidation sites excluding steroid dienone is 1. The van der Waals surface area contributed by atoms with Crippen LogP contribution >= 0.6 is 11.8 Å². The van der Waals surface area contributed by atoms with Gasteiger partial charge in [-0.2, -0.15) is 5.26 Å². The molecule has 1 aromatic carbocycles. The van der Waals surface area contributed by atoms with Crippen molar-refractivity contribution in [3.8, 4) is 6.07 Å². The first-order valence-corrected chi connectivity index (χ1v) is 12.8. The van der Waals surface area contributed by atoms with E-state index in [2.05, 4.69) is 87.4 Å². The van der Waals surface area contributed by atoms with Gasteiger partial charge in [0.2, 0.25) is 0 Å². The number of hydrogen-bond acceptors (Lipinski definition) is 3. The number of anilines is 1. The van der Waals surface area contributed by atoms with Crippen molar-refractivity contribution in [2.24, 2.45) is 5.92 Å². The second kappa shape index (κ2) is 12.8. The van der Waals surface area contributed by atoms with Crippen molar-refractivity contribution in [3.05, 3.63) is 45.9 Å². The molecule has 31 heavy (non-hydrogen) atoms. The molecule has 0 aliphatic carbocycles. The van der Waals surface area contributed by atoms with Crippen molar-refractivity contribution < 1.29 is 4.58 Å². The minimum atomic E-state index is 0.319. The lowest BCUT2D eigenvalue weighted by molar-refractivity contribution is -0.525. The van der Waals surface area contributed by atoms with E-state index in [1.165, 1.54) is 39.6 Å². The Kier molecular flexibility index (Phi) is 10.4. The van der Waals surface area contributed by atoms with Crippen LogP contribution in [0.1, 0.15) is 72.8 Å². The van der Waals surface area contributed by atoms with Crippen LogP contribution < -0.4 is 4.90 Å². The van der Waals surface area contributed by atoms with E-state index >= 15 is 0 Å². The molecule has 0 saturated carbocycles. The van der Waals surface area contributed by atoms with Gasteiger partial charge in [-0.3, -0.25) is 0 Å². The maximum Gasteiger partial charge on any atom is 0.257 e. The summed E-state index contributed by atoms with van der Waals surface area (Å²) >= 11 is 1.80. The summed E-state index contributed by atoms with van der Waals surface area (Å²) in [7, 11) is 0. The summed E-state index contributed by atoms with van der Waals surface area (Å²) in [6, 6.07) is 11.4. The van der Waals surface area contributed by atoms with Gasteiger partial charge in [0.15, 0.2) is 0 Å². The minimum Gasteiger partial charge on any atom is -0.372 e. The predicted molar refractivity (Wildman–Crippen MR) is 138 cm³/mol. The molecule has 0 fully saturated rings. The summed E-state index contributed by atoms with van der Waals surface area (Å²) in [5.41, 5.74) is 4.55. The monoisotopic (exact) mass is 438 g/mol. The molecule has 0 atom stereocenters. The minimum absolute atomic E-state index is 0.319. The van der Waals surface area contributed by atoms with Gasteiger partial charge in [-0.15, -0.1) is 0 Å². The molecule has 2 rings (SSSR count). The van der Waals surface area contributed by atoms with Crippen LogP contribution in [0, 0.1) is 17.2 Å². The average Bonchev–Trinajstić information content (AvgIpc) is 3.14. The van der Waals surface area contributed by atoms with Crippen LogP contribution in [0.25, 0.3) is 6.08 Å². The van der Waals surface area contributed by atoms with Crippen molar-refractivity contribution in [1.82, 2.24) is 0 Å². The highest BCUT2D eigenvalue weighted by atomic mass is 32.2. The van der Waals surface area contributed by atoms with E-state index in [0.717, 1.165) is 44.6 Å². The molecule has 0 aromatic heterocycles. The predicted octanol–water partition coefficient (Wildman–Crippen LogP) is 7.11. The molecule has 0 amide bonds. The SMILES string of the molecule is CCCC[N+](CCCC)=C1S/C(=C/c2ccc(N(CC)CC)cc2)C(C(C)C)=C1C#N. The van der Waals surface area contributed by atoms with E-state index in [1.807, 2.05) is 0 Å². The van der Waals surface area contributed by atoms with Gasteiger partial charge >= 0.3 is 0 Å². The van der Waals surface area contributed by atoms with Gasteiger partial charge < -0.3 is 4.90 Å². The van der Waals surface area contributed by atoms with E-state index in [1.54, 1.807) is 11.8 Å². The van der Waals surface area contributed by atoms with Crippen LogP contribution in [0.4, 0.5) is 5.69 Å². The number of benzene rings is 1. The highest BCUT2D eigenvalue weighted by Gasteiger charge is 2.35. The summed E-state index contributed by atoms with van der Waals surface area (Å²) in [4.78, 5) is 3.59. The highest BCUT2D eigenvalue weighted by molar-refractivity contribution is 8.18. The summed E-state index contributed by atoms with van der Waals surface area (Å²) in [6.45, 7) is 17.4. The van der Waals surface area contributed by atoms with Gasteiger partial charge in [0, 0.05) is 36.5 Å². The van der Waals surface area contributed by atoms with Gasteiger partial charge in [-0.25, -0.2) is 4.58 Å². The molecule has 0 bridgehead atoms. The molecule has 3 nitrogen and oxygen atoms in total. The fourth-order valence-corrected chi connectivity index (χ4v) is 5.41. The van der Waals surface area contributed by atoms with Crippen LogP contribution in [0.15, 0.2) is 40.3 Å². The molecular weight excluding hydrogens is 398 g/mol. The van der Waals surface area contributed by atoms with Gasteiger partial charge in [-0.05, 0) is 60.9 Å². The quantitative estimate of drug-likeness (QED) is 0.345. The summed E-state index contributed by atoms with van der Waals surface area (Å²) < 4.78 is 2.46. The van der Waals surface area contributed by atoms with Gasteiger partial charge in [0.05, 0.1) is 0 Å². The maximum atomic E-state index is 10.1. The summed E-state index contributed by atoms with van der Waals surface area (Å²) in [5.74, 6) is 0.319. The van der Waals surface area contributed by atoms with Crippen molar-refractivity contribution >= 4 is 28.6 Å². The molecule has 1 aliphatic heterocycles. The second-order valence-electron chi connectivity index (χ2n) is 8.43. The zero-order valence-corrected chi connectivity index (χ0v) is 21.2. The molecule has 0 radical (unpaired) electrons. The fourth-order valence-electron chi connectivity index (χ4n) is 3.99. The van der Waals surface area contributed by atoms with E-state index in [9.17, 15) is 5.26 Å². The smallest absolute Gasteiger partial charge is 0.257 e. The molecule has 0 spiro atoms. The van der Waals surface area contributed by atoms with E-state index in [4.69, 9.17) is 0 Å². The lowest BCUT2D eigenvalue weighted by atomic mass is 9.96. The van der Waals surface area contributed by atoms with E-state index in [-0.39, 0.29) is 0 Å². The zero-order valence-electron chi connectivity index (χ0n) is 20.4. The molecular formula is C27H40N3S+. The lowest BCUT2D eigenvalue weighted by Gasteiger charge is -2.20. The number of thioether (sulfide) groups is 1. The van der Waals surface area contributed by atoms with Gasteiger partial charge in [-0.1, -0.05) is 52.7 Å². The topological polar surface area (TPSA) is 30.0 Å². The van der Waals surface area contributed by atoms with Gasteiger partial charge in [0.1, 0.15) is 24.7 Å². The van der Waals surface area contributed by atoms with Crippen LogP contribution in [0.3, 0.4) is 0 Å². The van der Waals surface area contributed by atoms with Crippen LogP contribution in [-0.2, 0) is 0 Å². The van der Waals surface area contributed by atoms with Crippen molar-refractivity contribution in [1.29, 1.82) is 5.26 Å². The Morgan fingerprint density at radius 1 is 1.00 bits per heavy atom. The third-order valence-corrected chi connectivity index (χ3v) is 7.03. The van der Waals surface area contributed by atoms with Gasteiger partial charge in [0.25, 0.3) is 5.04 Å². The Hall–Kier alpha value is -1.99. The summed E-state index contributed by atoms with van der Waals surface area (Å²) in [6.07, 6.45) is 6.94. The van der Waals surface area contributed by atoms with E-state index < -0.39 is 0 Å². The third kappa shape index (κ3) is 6.50. The normalized spacial score (nSPS) is 15.2. The number of unbranched alkanes of at least 4 members (excludes halogenated alkanes) is 2. The molecule has 168 valence electrons. The van der Waals surface area contributed by atoms with Crippen LogP contribution in [-0.4, -0.2) is 35.8 Å². The standard InChI is InChI=1S/C27H40N3S/c1-7-11-17-30(18-12-8-2)27-24(20-28)26(21(5)6)25(31-27)19-22-13-15-23(16-14-22)29(9-3)10-4/h13-16,19,21H,7-12,17-18H2,1-6H3/q+1. The molecule has 0 saturated heterocycles. The number of rotatable bonds is 11. The summed E-state index contributed by atoms with van der Waals surface area (Å²) in [5, 5.41) is 11.3. The third-order valence-electron chi connectivity index (χ3n) is 5.81. The van der Waals surface area contributed by atoms with E-state index in [0.29, 0.717) is 5.92 Å². The molecule has 0 unspecified atom stereocenters. The molecule has 1 aliphatic rings. The number of nitriles is 1. The molecule has 1 heterocycles. The first-order valence-electron chi connectivity index (χ1n) is 12.0. The van der Waals surface area contributed by atoms with Crippen molar-refractivity contribution in [2.45, 2.75) is 67.2 Å².